The van der Waals surface area contributed by atoms with Gasteiger partial charge in [-0.15, -0.1) is 0 Å². The summed E-state index contributed by atoms with van der Waals surface area (Å²) >= 11 is 0. The van der Waals surface area contributed by atoms with E-state index >= 15 is 0 Å². The third-order valence-corrected chi connectivity index (χ3v) is 6.56. The van der Waals surface area contributed by atoms with Gasteiger partial charge in [-0.3, -0.25) is 0 Å². The first-order valence-electron chi connectivity index (χ1n) is 8.01. The van der Waals surface area contributed by atoms with Crippen LogP contribution in [-0.4, -0.2) is 41.1 Å². The van der Waals surface area contributed by atoms with Crippen LogP contribution >= 0.6 is 0 Å². The van der Waals surface area contributed by atoms with Gasteiger partial charge in [-0.2, -0.15) is 0 Å². The Kier molecular flexibility index (Phi) is 4.10. The average Bonchev–Trinajstić information content (AvgIpc) is 3.26. The van der Waals surface area contributed by atoms with Gasteiger partial charge in [0, 0.05) is 37.4 Å². The molecule has 1 aliphatic heterocycles. The monoisotopic (exact) mass is 311 g/mol. The third-order valence-electron chi connectivity index (χ3n) is 4.71. The van der Waals surface area contributed by atoms with Crippen LogP contribution in [0.15, 0.2) is 6.20 Å². The molecule has 118 valence electrons. The van der Waals surface area contributed by atoms with Crippen molar-refractivity contribution < 1.29 is 8.42 Å². The second kappa shape index (κ2) is 5.72. The lowest BCUT2D eigenvalue weighted by atomic mass is 9.99. The minimum Gasteiger partial charge on any atom is -0.332 e. The lowest BCUT2D eigenvalue weighted by molar-refractivity contribution is 0.243. The first-order chi connectivity index (χ1) is 10.0. The molecule has 2 aliphatic rings. The number of nitrogens with zero attached hydrogens (tertiary/aromatic N) is 3. The molecule has 0 N–H and O–H groups in total. The molecule has 0 radical (unpaired) electrons. The number of rotatable bonds is 5. The van der Waals surface area contributed by atoms with E-state index in [1.807, 2.05) is 6.20 Å². The van der Waals surface area contributed by atoms with Gasteiger partial charge < -0.3 is 4.57 Å². The molecule has 6 heteroatoms. The summed E-state index contributed by atoms with van der Waals surface area (Å²) in [6, 6.07) is 0. The van der Waals surface area contributed by atoms with E-state index in [0.29, 0.717) is 24.9 Å². The van der Waals surface area contributed by atoms with Gasteiger partial charge in [0.15, 0.2) is 0 Å². The Balaban J connectivity index is 1.72. The third kappa shape index (κ3) is 3.16. The van der Waals surface area contributed by atoms with E-state index < -0.39 is 10.0 Å². The molecule has 0 bridgehead atoms. The van der Waals surface area contributed by atoms with Crippen molar-refractivity contribution in [2.75, 3.05) is 18.8 Å². The average molecular weight is 311 g/mol. The van der Waals surface area contributed by atoms with Crippen molar-refractivity contribution in [3.8, 4) is 0 Å². The molecule has 0 aromatic carbocycles. The van der Waals surface area contributed by atoms with Gasteiger partial charge in [0.25, 0.3) is 0 Å². The fourth-order valence-electron chi connectivity index (χ4n) is 3.25. The van der Waals surface area contributed by atoms with Crippen molar-refractivity contribution in [1.82, 2.24) is 13.9 Å². The van der Waals surface area contributed by atoms with Crippen molar-refractivity contribution in [2.45, 2.75) is 52.0 Å². The van der Waals surface area contributed by atoms with Crippen molar-refractivity contribution in [1.29, 1.82) is 0 Å². The maximum absolute atomic E-state index is 12.1. The number of aryl methyl sites for hydroxylation is 1. The van der Waals surface area contributed by atoms with Gasteiger partial charge in [0.1, 0.15) is 5.82 Å². The molecule has 1 aromatic heterocycles. The topological polar surface area (TPSA) is 55.2 Å². The zero-order valence-corrected chi connectivity index (χ0v) is 13.8. The van der Waals surface area contributed by atoms with Gasteiger partial charge in [-0.25, -0.2) is 17.7 Å². The molecule has 1 aliphatic carbocycles. The second-order valence-electron chi connectivity index (χ2n) is 6.41. The van der Waals surface area contributed by atoms with Crippen molar-refractivity contribution >= 4 is 10.0 Å². The minimum atomic E-state index is -3.05. The highest BCUT2D eigenvalue weighted by molar-refractivity contribution is 7.89. The Morgan fingerprint density at radius 2 is 2.10 bits per heavy atom. The lowest BCUT2D eigenvalue weighted by Crippen LogP contribution is -2.41. The Morgan fingerprint density at radius 3 is 2.76 bits per heavy atom. The maximum Gasteiger partial charge on any atom is 0.213 e. The van der Waals surface area contributed by atoms with Gasteiger partial charge in [0.2, 0.25) is 10.0 Å². The van der Waals surface area contributed by atoms with E-state index in [2.05, 4.69) is 16.5 Å². The molecule has 1 aromatic rings. The fraction of sp³-hybridized carbons (Fsp3) is 0.800. The molecule has 1 atom stereocenters. The molecule has 1 saturated carbocycles. The molecule has 1 saturated heterocycles. The predicted molar refractivity (Wildman–Crippen MR) is 82.7 cm³/mol. The zero-order valence-electron chi connectivity index (χ0n) is 13.0. The SMILES string of the molecule is CCS(=O)(=O)N1CCC[C@H](Cn2c(C)cnc2C2CC2)C1. The Bertz CT molecular complexity index is 604. The number of sulfonamides is 1. The van der Waals surface area contributed by atoms with Crippen LogP contribution in [0.2, 0.25) is 0 Å². The molecular weight excluding hydrogens is 286 g/mol. The molecule has 2 fully saturated rings. The van der Waals surface area contributed by atoms with Crippen LogP contribution in [0.3, 0.4) is 0 Å². The first-order valence-corrected chi connectivity index (χ1v) is 9.62. The Hall–Kier alpha value is -0.880. The number of imidazole rings is 1. The van der Waals surface area contributed by atoms with Gasteiger partial charge in [-0.05, 0) is 45.4 Å². The predicted octanol–water partition coefficient (Wildman–Crippen LogP) is 2.13. The van der Waals surface area contributed by atoms with Crippen LogP contribution < -0.4 is 0 Å². The van der Waals surface area contributed by atoms with Crippen LogP contribution in [-0.2, 0) is 16.6 Å². The second-order valence-corrected chi connectivity index (χ2v) is 8.67. The van der Waals surface area contributed by atoms with Crippen LogP contribution in [0.4, 0.5) is 0 Å². The molecule has 0 unspecified atom stereocenters. The van der Waals surface area contributed by atoms with Gasteiger partial charge in [0.05, 0.1) is 5.75 Å². The summed E-state index contributed by atoms with van der Waals surface area (Å²) in [5.41, 5.74) is 1.20. The number of hydrogen-bond acceptors (Lipinski definition) is 3. The highest BCUT2D eigenvalue weighted by Crippen LogP contribution is 2.40. The molecule has 21 heavy (non-hydrogen) atoms. The summed E-state index contributed by atoms with van der Waals surface area (Å²) in [6.45, 7) is 6.09. The van der Waals surface area contributed by atoms with Gasteiger partial charge >= 0.3 is 0 Å². The number of hydrogen-bond donors (Lipinski definition) is 0. The van der Waals surface area contributed by atoms with E-state index in [9.17, 15) is 8.42 Å². The van der Waals surface area contributed by atoms with Gasteiger partial charge in [-0.1, -0.05) is 0 Å². The largest absolute Gasteiger partial charge is 0.332 e. The van der Waals surface area contributed by atoms with E-state index in [4.69, 9.17) is 0 Å². The maximum atomic E-state index is 12.1. The Labute approximate surface area is 127 Å². The van der Waals surface area contributed by atoms with E-state index in [0.717, 1.165) is 19.4 Å². The zero-order chi connectivity index (χ0) is 15.0. The minimum absolute atomic E-state index is 0.206. The highest BCUT2D eigenvalue weighted by atomic mass is 32.2. The smallest absolute Gasteiger partial charge is 0.213 e. The molecular formula is C15H25N3O2S. The Morgan fingerprint density at radius 1 is 1.33 bits per heavy atom. The summed E-state index contributed by atoms with van der Waals surface area (Å²) in [4.78, 5) is 4.56. The molecule has 2 heterocycles. The first kappa shape index (κ1) is 15.0. The quantitative estimate of drug-likeness (QED) is 0.837. The highest BCUT2D eigenvalue weighted by Gasteiger charge is 2.31. The summed E-state index contributed by atoms with van der Waals surface area (Å²) < 4.78 is 28.1. The standard InChI is InChI=1S/C15H25N3O2S/c1-3-21(19,20)17-8-4-5-13(10-17)11-18-12(2)9-16-15(18)14-6-7-14/h9,13-14H,3-8,10-11H2,1-2H3/t13-/m0/s1. The van der Waals surface area contributed by atoms with E-state index in [1.165, 1.54) is 24.4 Å². The fourth-order valence-corrected chi connectivity index (χ4v) is 4.46. The summed E-state index contributed by atoms with van der Waals surface area (Å²) in [7, 11) is -3.05. The number of piperidine rings is 1. The summed E-state index contributed by atoms with van der Waals surface area (Å²) in [5.74, 6) is 2.46. The van der Waals surface area contributed by atoms with Crippen molar-refractivity contribution in [3.05, 3.63) is 17.7 Å². The van der Waals surface area contributed by atoms with Crippen LogP contribution in [0, 0.1) is 12.8 Å². The van der Waals surface area contributed by atoms with Crippen molar-refractivity contribution in [3.63, 3.8) is 0 Å². The lowest BCUT2D eigenvalue weighted by Gasteiger charge is -2.32. The van der Waals surface area contributed by atoms with Crippen LogP contribution in [0.1, 0.15) is 50.0 Å². The van der Waals surface area contributed by atoms with Crippen LogP contribution in [0.25, 0.3) is 0 Å². The normalized spacial score (nSPS) is 24.4. The summed E-state index contributed by atoms with van der Waals surface area (Å²) in [6.07, 6.45) is 6.53. The van der Waals surface area contributed by atoms with E-state index in [-0.39, 0.29) is 5.75 Å². The molecule has 0 amide bonds. The molecule has 5 nitrogen and oxygen atoms in total. The number of aromatic nitrogens is 2. The van der Waals surface area contributed by atoms with Crippen molar-refractivity contribution in [2.24, 2.45) is 5.92 Å². The molecule has 3 rings (SSSR count). The van der Waals surface area contributed by atoms with E-state index in [1.54, 1.807) is 11.2 Å². The summed E-state index contributed by atoms with van der Waals surface area (Å²) in [5, 5.41) is 0. The van der Waals surface area contributed by atoms with Crippen LogP contribution in [0.5, 0.6) is 0 Å². The molecule has 0 spiro atoms.